The fourth-order valence-corrected chi connectivity index (χ4v) is 2.43. The molecule has 1 aliphatic carbocycles. The van der Waals surface area contributed by atoms with Crippen molar-refractivity contribution in [2.24, 2.45) is 5.73 Å². The van der Waals surface area contributed by atoms with Crippen LogP contribution in [0.3, 0.4) is 0 Å². The Morgan fingerprint density at radius 3 is 2.88 bits per heavy atom. The number of rotatable bonds is 5. The smallest absolute Gasteiger partial charge is 0.0889 e. The van der Waals surface area contributed by atoms with Crippen LogP contribution < -0.4 is 5.73 Å². The van der Waals surface area contributed by atoms with Crippen LogP contribution in [0.1, 0.15) is 44.5 Å². The van der Waals surface area contributed by atoms with E-state index < -0.39 is 0 Å². The molecule has 2 rings (SSSR count). The Morgan fingerprint density at radius 2 is 2.29 bits per heavy atom. The zero-order chi connectivity index (χ0) is 12.3. The number of hydrogen-bond acceptors (Lipinski definition) is 3. The van der Waals surface area contributed by atoms with Gasteiger partial charge in [-0.05, 0) is 38.7 Å². The predicted molar refractivity (Wildman–Crippen MR) is 67.7 cm³/mol. The van der Waals surface area contributed by atoms with Crippen LogP contribution in [0.15, 0.2) is 6.07 Å². The number of nitrogens with zero attached hydrogens (tertiary/aromatic N) is 2. The number of nitrogens with two attached hydrogens (primary N) is 1. The Bertz CT molecular complexity index is 362. The third-order valence-corrected chi connectivity index (χ3v) is 3.52. The van der Waals surface area contributed by atoms with Crippen LogP contribution in [0.25, 0.3) is 0 Å². The molecule has 0 amide bonds. The number of hydrogen-bond donors (Lipinski definition) is 1. The van der Waals surface area contributed by atoms with Gasteiger partial charge >= 0.3 is 0 Å². The predicted octanol–water partition coefficient (Wildman–Crippen LogP) is 1.86. The molecule has 0 spiro atoms. The first-order valence-electron chi connectivity index (χ1n) is 6.67. The molecule has 0 aromatic carbocycles. The summed E-state index contributed by atoms with van der Waals surface area (Å²) < 4.78 is 7.94. The molecule has 17 heavy (non-hydrogen) atoms. The molecule has 1 saturated carbocycles. The van der Waals surface area contributed by atoms with Crippen molar-refractivity contribution in [1.29, 1.82) is 0 Å². The molecule has 2 unspecified atom stereocenters. The van der Waals surface area contributed by atoms with Crippen LogP contribution in [-0.2, 0) is 24.3 Å². The zero-order valence-corrected chi connectivity index (χ0v) is 10.9. The standard InChI is InChI=1S/C13H23N3O/c1-3-10-8-11(16(4-2)15-10)9-17-13-7-5-6-12(13)14/h8,12-13H,3-7,9,14H2,1-2H3. The quantitative estimate of drug-likeness (QED) is 0.850. The Morgan fingerprint density at radius 1 is 1.47 bits per heavy atom. The largest absolute Gasteiger partial charge is 0.370 e. The molecule has 96 valence electrons. The van der Waals surface area contributed by atoms with E-state index in [4.69, 9.17) is 10.5 Å². The van der Waals surface area contributed by atoms with E-state index >= 15 is 0 Å². The lowest BCUT2D eigenvalue weighted by atomic mass is 10.2. The average Bonchev–Trinajstić information content (AvgIpc) is 2.92. The summed E-state index contributed by atoms with van der Waals surface area (Å²) in [5.41, 5.74) is 8.31. The van der Waals surface area contributed by atoms with Crippen LogP contribution in [0, 0.1) is 0 Å². The maximum atomic E-state index is 6.00. The normalized spacial score (nSPS) is 24.4. The Kier molecular flexibility index (Phi) is 4.18. The number of aryl methyl sites for hydroxylation is 2. The summed E-state index contributed by atoms with van der Waals surface area (Å²) >= 11 is 0. The minimum Gasteiger partial charge on any atom is -0.370 e. The van der Waals surface area contributed by atoms with E-state index in [0.717, 1.165) is 31.5 Å². The Balaban J connectivity index is 1.95. The lowest BCUT2D eigenvalue weighted by Gasteiger charge is -2.16. The van der Waals surface area contributed by atoms with Gasteiger partial charge in [0.1, 0.15) is 0 Å². The van der Waals surface area contributed by atoms with Crippen molar-refractivity contribution in [3.8, 4) is 0 Å². The summed E-state index contributed by atoms with van der Waals surface area (Å²) in [6.45, 7) is 5.77. The minimum atomic E-state index is 0.221. The van der Waals surface area contributed by atoms with Gasteiger partial charge in [-0.1, -0.05) is 6.92 Å². The SMILES string of the molecule is CCc1cc(COC2CCCC2N)n(CC)n1. The second-order valence-electron chi connectivity index (χ2n) is 4.74. The Hall–Kier alpha value is -0.870. The van der Waals surface area contributed by atoms with Gasteiger partial charge < -0.3 is 10.5 Å². The third kappa shape index (κ3) is 2.87. The first-order valence-corrected chi connectivity index (χ1v) is 6.67. The molecule has 1 heterocycles. The van der Waals surface area contributed by atoms with Crippen molar-refractivity contribution in [2.45, 2.75) is 64.8 Å². The molecular formula is C13H23N3O. The topological polar surface area (TPSA) is 53.1 Å². The summed E-state index contributed by atoms with van der Waals surface area (Å²) in [7, 11) is 0. The highest BCUT2D eigenvalue weighted by Crippen LogP contribution is 2.21. The van der Waals surface area contributed by atoms with Crippen molar-refractivity contribution in [2.75, 3.05) is 0 Å². The maximum Gasteiger partial charge on any atom is 0.0889 e. The van der Waals surface area contributed by atoms with Gasteiger partial charge in [-0.25, -0.2) is 0 Å². The second-order valence-corrected chi connectivity index (χ2v) is 4.74. The lowest BCUT2D eigenvalue weighted by Crippen LogP contribution is -2.31. The fraction of sp³-hybridized carbons (Fsp3) is 0.769. The molecule has 1 fully saturated rings. The van der Waals surface area contributed by atoms with Crippen molar-refractivity contribution in [3.05, 3.63) is 17.5 Å². The molecule has 1 aromatic heterocycles. The fourth-order valence-electron chi connectivity index (χ4n) is 2.43. The number of ether oxygens (including phenoxy) is 1. The maximum absolute atomic E-state index is 6.00. The summed E-state index contributed by atoms with van der Waals surface area (Å²) in [6.07, 6.45) is 4.60. The third-order valence-electron chi connectivity index (χ3n) is 3.52. The van der Waals surface area contributed by atoms with Gasteiger partial charge in [0.05, 0.1) is 24.1 Å². The van der Waals surface area contributed by atoms with E-state index in [1.807, 2.05) is 4.68 Å². The molecule has 1 aromatic rings. The average molecular weight is 237 g/mol. The zero-order valence-electron chi connectivity index (χ0n) is 10.9. The van der Waals surface area contributed by atoms with Crippen LogP contribution in [-0.4, -0.2) is 21.9 Å². The van der Waals surface area contributed by atoms with Crippen LogP contribution in [0.4, 0.5) is 0 Å². The summed E-state index contributed by atoms with van der Waals surface area (Å²) in [6, 6.07) is 2.36. The van der Waals surface area contributed by atoms with E-state index in [0.29, 0.717) is 6.61 Å². The Labute approximate surface area is 103 Å². The van der Waals surface area contributed by atoms with Gasteiger partial charge in [0.15, 0.2) is 0 Å². The van der Waals surface area contributed by atoms with E-state index in [9.17, 15) is 0 Å². The monoisotopic (exact) mass is 237 g/mol. The van der Waals surface area contributed by atoms with E-state index in [1.54, 1.807) is 0 Å². The molecule has 4 heteroatoms. The highest BCUT2D eigenvalue weighted by Gasteiger charge is 2.24. The van der Waals surface area contributed by atoms with Gasteiger partial charge in [-0.3, -0.25) is 4.68 Å². The van der Waals surface area contributed by atoms with Gasteiger partial charge in [0.2, 0.25) is 0 Å². The molecule has 0 aliphatic heterocycles. The highest BCUT2D eigenvalue weighted by molar-refractivity contribution is 5.09. The lowest BCUT2D eigenvalue weighted by molar-refractivity contribution is 0.0320. The molecule has 0 radical (unpaired) electrons. The van der Waals surface area contributed by atoms with E-state index in [1.165, 1.54) is 12.1 Å². The second kappa shape index (κ2) is 5.65. The number of aromatic nitrogens is 2. The highest BCUT2D eigenvalue weighted by atomic mass is 16.5. The molecule has 2 N–H and O–H groups in total. The summed E-state index contributed by atoms with van der Waals surface area (Å²) in [5, 5.41) is 4.52. The molecule has 0 saturated heterocycles. The summed E-state index contributed by atoms with van der Waals surface area (Å²) in [5.74, 6) is 0. The molecule has 4 nitrogen and oxygen atoms in total. The van der Waals surface area contributed by atoms with Gasteiger partial charge in [0.25, 0.3) is 0 Å². The molecular weight excluding hydrogens is 214 g/mol. The van der Waals surface area contributed by atoms with Crippen molar-refractivity contribution in [3.63, 3.8) is 0 Å². The summed E-state index contributed by atoms with van der Waals surface area (Å²) in [4.78, 5) is 0. The van der Waals surface area contributed by atoms with Gasteiger partial charge in [-0.2, -0.15) is 5.10 Å². The molecule has 1 aliphatic rings. The van der Waals surface area contributed by atoms with Crippen LogP contribution >= 0.6 is 0 Å². The van der Waals surface area contributed by atoms with Crippen LogP contribution in [0.5, 0.6) is 0 Å². The van der Waals surface area contributed by atoms with Crippen molar-refractivity contribution in [1.82, 2.24) is 9.78 Å². The van der Waals surface area contributed by atoms with Gasteiger partial charge in [0, 0.05) is 12.6 Å². The minimum absolute atomic E-state index is 0.221. The first kappa shape index (κ1) is 12.6. The first-order chi connectivity index (χ1) is 8.24. The van der Waals surface area contributed by atoms with E-state index in [2.05, 4.69) is 25.0 Å². The van der Waals surface area contributed by atoms with E-state index in [-0.39, 0.29) is 12.1 Å². The van der Waals surface area contributed by atoms with Crippen molar-refractivity contribution >= 4 is 0 Å². The molecule has 0 bridgehead atoms. The molecule has 2 atom stereocenters. The van der Waals surface area contributed by atoms with Gasteiger partial charge in [-0.15, -0.1) is 0 Å². The van der Waals surface area contributed by atoms with Crippen molar-refractivity contribution < 1.29 is 4.74 Å². The van der Waals surface area contributed by atoms with Crippen LogP contribution in [0.2, 0.25) is 0 Å².